The van der Waals surface area contributed by atoms with Crippen LogP contribution in [0.1, 0.15) is 22.7 Å². The molecule has 0 N–H and O–H groups in total. The Hall–Kier alpha value is -2.75. The van der Waals surface area contributed by atoms with Crippen molar-refractivity contribution in [1.82, 2.24) is 9.80 Å². The zero-order chi connectivity index (χ0) is 20.4. The first-order valence-electron chi connectivity index (χ1n) is 9.84. The SMILES string of the molecule is COCC(=O)N1C[C@H]2CN(Cc3cccc(C#N)c3)C[C@H]2[C@@H]1c1cccc(F)c1. The number of benzene rings is 2. The van der Waals surface area contributed by atoms with E-state index in [1.54, 1.807) is 12.1 Å². The van der Waals surface area contributed by atoms with Crippen LogP contribution in [0.4, 0.5) is 4.39 Å². The van der Waals surface area contributed by atoms with Crippen LogP contribution in [0.25, 0.3) is 0 Å². The molecule has 29 heavy (non-hydrogen) atoms. The second kappa shape index (κ2) is 8.32. The van der Waals surface area contributed by atoms with Gasteiger partial charge in [-0.2, -0.15) is 5.26 Å². The maximum atomic E-state index is 13.9. The second-order valence-corrected chi connectivity index (χ2v) is 7.91. The van der Waals surface area contributed by atoms with Crippen molar-refractivity contribution in [3.63, 3.8) is 0 Å². The van der Waals surface area contributed by atoms with Crippen LogP contribution in [0, 0.1) is 29.0 Å². The Morgan fingerprint density at radius 2 is 2.03 bits per heavy atom. The lowest BCUT2D eigenvalue weighted by molar-refractivity contribution is -0.136. The van der Waals surface area contributed by atoms with E-state index in [0.717, 1.165) is 30.8 Å². The Morgan fingerprint density at radius 1 is 1.21 bits per heavy atom. The number of carbonyl (C=O) groups is 1. The van der Waals surface area contributed by atoms with Crippen LogP contribution in [0.15, 0.2) is 48.5 Å². The number of methoxy groups -OCH3 is 1. The Labute approximate surface area is 170 Å². The van der Waals surface area contributed by atoms with E-state index in [1.165, 1.54) is 13.2 Å². The summed E-state index contributed by atoms with van der Waals surface area (Å²) in [7, 11) is 1.52. The molecule has 150 valence electrons. The molecule has 4 rings (SSSR count). The highest BCUT2D eigenvalue weighted by Gasteiger charge is 2.48. The minimum atomic E-state index is -0.284. The van der Waals surface area contributed by atoms with Crippen molar-refractivity contribution in [2.24, 2.45) is 11.8 Å². The summed E-state index contributed by atoms with van der Waals surface area (Å²) in [4.78, 5) is 16.9. The van der Waals surface area contributed by atoms with Crippen molar-refractivity contribution < 1.29 is 13.9 Å². The molecule has 2 fully saturated rings. The molecule has 0 radical (unpaired) electrons. The predicted octanol–water partition coefficient (Wildman–Crippen LogP) is 2.98. The summed E-state index contributed by atoms with van der Waals surface area (Å²) < 4.78 is 19.0. The number of carbonyl (C=O) groups excluding carboxylic acids is 1. The van der Waals surface area contributed by atoms with Crippen LogP contribution in [0.2, 0.25) is 0 Å². The van der Waals surface area contributed by atoms with E-state index in [9.17, 15) is 9.18 Å². The molecule has 0 saturated carbocycles. The summed E-state index contributed by atoms with van der Waals surface area (Å²) in [6, 6.07) is 16.3. The first-order valence-corrected chi connectivity index (χ1v) is 9.84. The quantitative estimate of drug-likeness (QED) is 0.784. The fourth-order valence-electron chi connectivity index (χ4n) is 4.84. The molecule has 6 heteroatoms. The summed E-state index contributed by atoms with van der Waals surface area (Å²) in [6.07, 6.45) is 0. The lowest BCUT2D eigenvalue weighted by atomic mass is 9.89. The zero-order valence-electron chi connectivity index (χ0n) is 16.4. The number of fused-ring (bicyclic) bond motifs is 1. The molecule has 3 atom stereocenters. The summed E-state index contributed by atoms with van der Waals surface area (Å²) in [6.45, 7) is 3.17. The third kappa shape index (κ3) is 4.02. The van der Waals surface area contributed by atoms with Crippen molar-refractivity contribution in [1.29, 1.82) is 5.26 Å². The fourth-order valence-corrected chi connectivity index (χ4v) is 4.84. The summed E-state index contributed by atoms with van der Waals surface area (Å²) in [5.41, 5.74) is 2.62. The minimum Gasteiger partial charge on any atom is -0.375 e. The number of hydrogen-bond acceptors (Lipinski definition) is 4. The number of likely N-dealkylation sites (tertiary alicyclic amines) is 2. The average molecular weight is 393 g/mol. The van der Waals surface area contributed by atoms with Gasteiger partial charge in [0.15, 0.2) is 0 Å². The smallest absolute Gasteiger partial charge is 0.249 e. The lowest BCUT2D eigenvalue weighted by Gasteiger charge is -2.30. The first-order chi connectivity index (χ1) is 14.1. The molecule has 5 nitrogen and oxygen atoms in total. The number of nitriles is 1. The standard InChI is InChI=1S/C23H24FN3O2/c1-29-15-22(28)27-13-19-12-26(11-17-5-2-4-16(8-17)10-25)14-21(19)23(27)18-6-3-7-20(24)9-18/h2-9,19,21,23H,11-15H2,1H3/t19-,21-,23+/m1/s1. The van der Waals surface area contributed by atoms with Crippen LogP contribution in [0.5, 0.6) is 0 Å². The maximum Gasteiger partial charge on any atom is 0.249 e. The topological polar surface area (TPSA) is 56.6 Å². The molecule has 0 aromatic heterocycles. The summed E-state index contributed by atoms with van der Waals surface area (Å²) >= 11 is 0. The van der Waals surface area contributed by atoms with Gasteiger partial charge in [0.25, 0.3) is 0 Å². The normalized spacial score (nSPS) is 23.8. The number of hydrogen-bond donors (Lipinski definition) is 0. The molecule has 0 unspecified atom stereocenters. The number of amides is 1. The van der Waals surface area contributed by atoms with Crippen molar-refractivity contribution in [2.45, 2.75) is 12.6 Å². The van der Waals surface area contributed by atoms with Crippen LogP contribution in [-0.4, -0.2) is 49.1 Å². The number of rotatable bonds is 5. The van der Waals surface area contributed by atoms with E-state index >= 15 is 0 Å². The van der Waals surface area contributed by atoms with Gasteiger partial charge in [0, 0.05) is 39.2 Å². The van der Waals surface area contributed by atoms with E-state index in [1.807, 2.05) is 35.2 Å². The molecular weight excluding hydrogens is 369 g/mol. The molecule has 1 amide bonds. The molecule has 2 aromatic carbocycles. The molecule has 2 aromatic rings. The fraction of sp³-hybridized carbons (Fsp3) is 0.391. The van der Waals surface area contributed by atoms with Gasteiger partial charge in [0.2, 0.25) is 5.91 Å². The number of nitrogens with zero attached hydrogens (tertiary/aromatic N) is 3. The summed E-state index contributed by atoms with van der Waals surface area (Å²) in [5.74, 6) is 0.248. The van der Waals surface area contributed by atoms with E-state index in [0.29, 0.717) is 18.0 Å². The summed E-state index contributed by atoms with van der Waals surface area (Å²) in [5, 5.41) is 9.12. The van der Waals surface area contributed by atoms with Crippen LogP contribution >= 0.6 is 0 Å². The van der Waals surface area contributed by atoms with Gasteiger partial charge in [-0.15, -0.1) is 0 Å². The van der Waals surface area contributed by atoms with Gasteiger partial charge in [-0.1, -0.05) is 24.3 Å². The molecule has 2 heterocycles. The van der Waals surface area contributed by atoms with E-state index in [2.05, 4.69) is 11.0 Å². The zero-order valence-corrected chi connectivity index (χ0v) is 16.4. The third-order valence-corrected chi connectivity index (χ3v) is 5.98. The van der Waals surface area contributed by atoms with Crippen molar-refractivity contribution in [2.75, 3.05) is 33.4 Å². The molecule has 0 bridgehead atoms. The highest BCUT2D eigenvalue weighted by molar-refractivity contribution is 5.78. The van der Waals surface area contributed by atoms with Gasteiger partial charge in [-0.25, -0.2) is 4.39 Å². The predicted molar refractivity (Wildman–Crippen MR) is 106 cm³/mol. The van der Waals surface area contributed by atoms with Crippen LogP contribution in [0.3, 0.4) is 0 Å². The monoisotopic (exact) mass is 393 g/mol. The van der Waals surface area contributed by atoms with Gasteiger partial charge in [0.1, 0.15) is 12.4 Å². The largest absolute Gasteiger partial charge is 0.375 e. The van der Waals surface area contributed by atoms with E-state index in [-0.39, 0.29) is 30.3 Å². The lowest BCUT2D eigenvalue weighted by Crippen LogP contribution is -2.37. The highest BCUT2D eigenvalue weighted by atomic mass is 19.1. The molecule has 0 aliphatic carbocycles. The van der Waals surface area contributed by atoms with Gasteiger partial charge < -0.3 is 9.64 Å². The van der Waals surface area contributed by atoms with E-state index in [4.69, 9.17) is 10.00 Å². The maximum absolute atomic E-state index is 13.9. The van der Waals surface area contributed by atoms with Crippen molar-refractivity contribution >= 4 is 5.91 Å². The number of ether oxygens (including phenoxy) is 1. The molecule has 2 aliphatic rings. The van der Waals surface area contributed by atoms with Crippen molar-refractivity contribution in [3.05, 3.63) is 71.0 Å². The van der Waals surface area contributed by atoms with Crippen molar-refractivity contribution in [3.8, 4) is 6.07 Å². The Morgan fingerprint density at radius 3 is 2.79 bits per heavy atom. The van der Waals surface area contributed by atoms with Crippen LogP contribution < -0.4 is 0 Å². The minimum absolute atomic E-state index is 0.0376. The third-order valence-electron chi connectivity index (χ3n) is 5.98. The van der Waals surface area contributed by atoms with Gasteiger partial charge in [0.05, 0.1) is 17.7 Å². The molecular formula is C23H24FN3O2. The second-order valence-electron chi connectivity index (χ2n) is 7.91. The van der Waals surface area contributed by atoms with Gasteiger partial charge in [-0.05, 0) is 41.3 Å². The molecule has 0 spiro atoms. The van der Waals surface area contributed by atoms with Gasteiger partial charge in [-0.3, -0.25) is 9.69 Å². The Bertz CT molecular complexity index is 942. The Balaban J connectivity index is 1.55. The molecule has 2 aliphatic heterocycles. The number of halogens is 1. The average Bonchev–Trinajstić information content (AvgIpc) is 3.25. The molecule has 2 saturated heterocycles. The first kappa shape index (κ1) is 19.6. The Kier molecular flexibility index (Phi) is 5.61. The highest BCUT2D eigenvalue weighted by Crippen LogP contribution is 2.45. The van der Waals surface area contributed by atoms with Crippen LogP contribution in [-0.2, 0) is 16.1 Å². The van der Waals surface area contributed by atoms with Gasteiger partial charge >= 0.3 is 0 Å². The van der Waals surface area contributed by atoms with E-state index < -0.39 is 0 Å².